The number of imide groups is 1. The van der Waals surface area contributed by atoms with Gasteiger partial charge in [0.25, 0.3) is 5.91 Å². The standard InChI is InChI=1S/C15H21N3O2/c1-12-6-5-9-18(10-12)11-14(19)17-15(20)16-13-7-3-2-4-8-13/h2-4,7-8,12H,5-6,9-11H2,1H3,(H2,16,17,19,20)/p+1/t12-/m1/s1. The van der Waals surface area contributed by atoms with Crippen LogP contribution in [0.4, 0.5) is 10.5 Å². The van der Waals surface area contributed by atoms with Gasteiger partial charge in [-0.15, -0.1) is 0 Å². The summed E-state index contributed by atoms with van der Waals surface area (Å²) in [4.78, 5) is 24.8. The molecule has 0 bridgehead atoms. The molecule has 1 aliphatic heterocycles. The van der Waals surface area contributed by atoms with Crippen LogP contribution in [0.5, 0.6) is 0 Å². The molecule has 3 amide bonds. The van der Waals surface area contributed by atoms with Crippen LogP contribution in [0.15, 0.2) is 30.3 Å². The van der Waals surface area contributed by atoms with Gasteiger partial charge in [-0.2, -0.15) is 0 Å². The average Bonchev–Trinajstić information content (AvgIpc) is 2.39. The number of hydrogen-bond donors (Lipinski definition) is 3. The number of amides is 3. The van der Waals surface area contributed by atoms with E-state index in [9.17, 15) is 9.59 Å². The number of nitrogens with one attached hydrogen (secondary N) is 3. The molecule has 20 heavy (non-hydrogen) atoms. The van der Waals surface area contributed by atoms with Crippen LogP contribution in [0.25, 0.3) is 0 Å². The van der Waals surface area contributed by atoms with Gasteiger partial charge in [-0.3, -0.25) is 10.1 Å². The first kappa shape index (κ1) is 14.5. The molecule has 1 fully saturated rings. The van der Waals surface area contributed by atoms with Crippen LogP contribution < -0.4 is 15.5 Å². The Kier molecular flexibility index (Phi) is 5.12. The maximum Gasteiger partial charge on any atom is 0.326 e. The monoisotopic (exact) mass is 276 g/mol. The summed E-state index contributed by atoms with van der Waals surface area (Å²) < 4.78 is 0. The van der Waals surface area contributed by atoms with Crippen molar-refractivity contribution in [2.24, 2.45) is 5.92 Å². The summed E-state index contributed by atoms with van der Waals surface area (Å²) in [5, 5.41) is 5.02. The van der Waals surface area contributed by atoms with Crippen LogP contribution in [0.2, 0.25) is 0 Å². The number of likely N-dealkylation sites (tertiary alicyclic amines) is 1. The van der Waals surface area contributed by atoms with E-state index in [1.807, 2.05) is 18.2 Å². The largest absolute Gasteiger partial charge is 0.327 e. The highest BCUT2D eigenvalue weighted by molar-refractivity contribution is 6.01. The second-order valence-electron chi connectivity index (χ2n) is 5.50. The van der Waals surface area contributed by atoms with Crippen LogP contribution in [0.3, 0.4) is 0 Å². The lowest BCUT2D eigenvalue weighted by atomic mass is 10.0. The lowest BCUT2D eigenvalue weighted by molar-refractivity contribution is -0.900. The fraction of sp³-hybridized carbons (Fsp3) is 0.467. The molecular formula is C15H22N3O2+. The SMILES string of the molecule is C[C@@H]1CCC[NH+](CC(=O)NC(=O)Nc2ccccc2)C1. The number of urea groups is 1. The van der Waals surface area contributed by atoms with Gasteiger partial charge in [0.2, 0.25) is 0 Å². The molecule has 1 aromatic carbocycles. The van der Waals surface area contributed by atoms with Crippen LogP contribution in [0.1, 0.15) is 19.8 Å². The number of benzene rings is 1. The maximum absolute atomic E-state index is 11.8. The van der Waals surface area contributed by atoms with Crippen molar-refractivity contribution in [3.63, 3.8) is 0 Å². The van der Waals surface area contributed by atoms with Crippen LogP contribution >= 0.6 is 0 Å². The first-order valence-electron chi connectivity index (χ1n) is 7.13. The molecule has 2 rings (SSSR count). The second kappa shape index (κ2) is 7.05. The number of carbonyl (C=O) groups excluding carboxylic acids is 2. The molecule has 0 spiro atoms. The summed E-state index contributed by atoms with van der Waals surface area (Å²) in [7, 11) is 0. The van der Waals surface area contributed by atoms with Crippen molar-refractivity contribution >= 4 is 17.6 Å². The first-order valence-corrected chi connectivity index (χ1v) is 7.13. The summed E-state index contributed by atoms with van der Waals surface area (Å²) in [6, 6.07) is 8.62. The summed E-state index contributed by atoms with van der Waals surface area (Å²) in [6.07, 6.45) is 2.39. The Morgan fingerprint density at radius 3 is 2.75 bits per heavy atom. The lowest BCUT2D eigenvalue weighted by Crippen LogP contribution is -3.14. The molecule has 1 saturated heterocycles. The van der Waals surface area contributed by atoms with Gasteiger partial charge < -0.3 is 10.2 Å². The van der Waals surface area contributed by atoms with Crippen molar-refractivity contribution < 1.29 is 14.5 Å². The predicted molar refractivity (Wildman–Crippen MR) is 77.6 cm³/mol. The summed E-state index contributed by atoms with van der Waals surface area (Å²) in [5.74, 6) is 0.437. The van der Waals surface area contributed by atoms with Crippen LogP contribution in [-0.2, 0) is 4.79 Å². The van der Waals surface area contributed by atoms with Crippen molar-refractivity contribution in [2.45, 2.75) is 19.8 Å². The zero-order valence-corrected chi connectivity index (χ0v) is 11.8. The molecule has 0 aliphatic carbocycles. The van der Waals surface area contributed by atoms with Crippen molar-refractivity contribution in [2.75, 3.05) is 25.0 Å². The minimum absolute atomic E-state index is 0.220. The van der Waals surface area contributed by atoms with Crippen molar-refractivity contribution in [3.05, 3.63) is 30.3 Å². The molecule has 5 nitrogen and oxygen atoms in total. The van der Waals surface area contributed by atoms with E-state index in [-0.39, 0.29) is 5.91 Å². The van der Waals surface area contributed by atoms with Gasteiger partial charge in [0.05, 0.1) is 13.1 Å². The van der Waals surface area contributed by atoms with E-state index in [2.05, 4.69) is 17.6 Å². The second-order valence-corrected chi connectivity index (χ2v) is 5.50. The number of quaternary nitrogens is 1. The van der Waals surface area contributed by atoms with Gasteiger partial charge in [-0.25, -0.2) is 4.79 Å². The molecule has 2 atom stereocenters. The first-order chi connectivity index (χ1) is 9.63. The Morgan fingerprint density at radius 2 is 2.05 bits per heavy atom. The number of anilines is 1. The molecule has 108 valence electrons. The van der Waals surface area contributed by atoms with Crippen LogP contribution in [-0.4, -0.2) is 31.6 Å². The molecule has 1 unspecified atom stereocenters. The smallest absolute Gasteiger partial charge is 0.326 e. The Morgan fingerprint density at radius 1 is 1.30 bits per heavy atom. The van der Waals surface area contributed by atoms with E-state index in [0.29, 0.717) is 18.2 Å². The van der Waals surface area contributed by atoms with Gasteiger partial charge >= 0.3 is 6.03 Å². The van der Waals surface area contributed by atoms with Gasteiger partial charge in [0, 0.05) is 11.6 Å². The third-order valence-corrected chi connectivity index (χ3v) is 3.56. The molecular weight excluding hydrogens is 254 g/mol. The molecule has 0 saturated carbocycles. The molecule has 1 aromatic rings. The van der Waals surface area contributed by atoms with Gasteiger partial charge in [-0.1, -0.05) is 25.1 Å². The minimum Gasteiger partial charge on any atom is -0.327 e. The molecule has 5 heteroatoms. The molecule has 0 aromatic heterocycles. The topological polar surface area (TPSA) is 62.6 Å². The number of rotatable bonds is 3. The van der Waals surface area contributed by atoms with Gasteiger partial charge in [0.15, 0.2) is 6.54 Å². The molecule has 0 radical (unpaired) electrons. The fourth-order valence-corrected chi connectivity index (χ4v) is 2.64. The zero-order chi connectivity index (χ0) is 14.4. The van der Waals surface area contributed by atoms with E-state index >= 15 is 0 Å². The number of carbonyl (C=O) groups is 2. The Hall–Kier alpha value is -1.88. The predicted octanol–water partition coefficient (Wildman–Crippen LogP) is 0.650. The Bertz CT molecular complexity index is 461. The third-order valence-electron chi connectivity index (χ3n) is 3.56. The zero-order valence-electron chi connectivity index (χ0n) is 11.8. The minimum atomic E-state index is -0.467. The summed E-state index contributed by atoms with van der Waals surface area (Å²) in [6.45, 7) is 4.59. The quantitative estimate of drug-likeness (QED) is 0.759. The summed E-state index contributed by atoms with van der Waals surface area (Å²) in [5.41, 5.74) is 0.678. The number of hydrogen-bond acceptors (Lipinski definition) is 2. The molecule has 3 N–H and O–H groups in total. The number of para-hydroxylation sites is 1. The third kappa shape index (κ3) is 4.66. The fourth-order valence-electron chi connectivity index (χ4n) is 2.64. The van der Waals surface area contributed by atoms with E-state index < -0.39 is 6.03 Å². The van der Waals surface area contributed by atoms with E-state index in [1.165, 1.54) is 11.3 Å². The van der Waals surface area contributed by atoms with E-state index in [0.717, 1.165) is 19.5 Å². The highest BCUT2D eigenvalue weighted by Gasteiger charge is 2.22. The highest BCUT2D eigenvalue weighted by Crippen LogP contribution is 2.05. The highest BCUT2D eigenvalue weighted by atomic mass is 16.2. The molecule has 1 heterocycles. The Balaban J connectivity index is 1.75. The average molecular weight is 276 g/mol. The van der Waals surface area contributed by atoms with Crippen molar-refractivity contribution in [3.8, 4) is 0 Å². The molecule has 1 aliphatic rings. The lowest BCUT2D eigenvalue weighted by Gasteiger charge is -2.27. The van der Waals surface area contributed by atoms with Crippen molar-refractivity contribution in [1.29, 1.82) is 0 Å². The van der Waals surface area contributed by atoms with Crippen LogP contribution in [0, 0.1) is 5.92 Å². The number of piperidine rings is 1. The van der Waals surface area contributed by atoms with Gasteiger partial charge in [-0.05, 0) is 25.0 Å². The van der Waals surface area contributed by atoms with Crippen molar-refractivity contribution in [1.82, 2.24) is 5.32 Å². The Labute approximate surface area is 119 Å². The van der Waals surface area contributed by atoms with E-state index in [4.69, 9.17) is 0 Å². The maximum atomic E-state index is 11.8. The van der Waals surface area contributed by atoms with E-state index in [1.54, 1.807) is 12.1 Å². The normalized spacial score (nSPS) is 22.1. The van der Waals surface area contributed by atoms with Gasteiger partial charge in [0.1, 0.15) is 0 Å². The summed E-state index contributed by atoms with van der Waals surface area (Å²) >= 11 is 0.